The lowest BCUT2D eigenvalue weighted by atomic mass is 10.1. The van der Waals surface area contributed by atoms with E-state index in [2.05, 4.69) is 10.3 Å². The maximum Gasteiger partial charge on any atom is 0.124 e. The Morgan fingerprint density at radius 2 is 2.05 bits per heavy atom. The lowest BCUT2D eigenvalue weighted by molar-refractivity contribution is 0.215. The molecule has 6 heteroatoms. The molecule has 0 bridgehead atoms. The zero-order chi connectivity index (χ0) is 13.7. The van der Waals surface area contributed by atoms with Crippen molar-refractivity contribution in [2.45, 2.75) is 19.1 Å². The summed E-state index contributed by atoms with van der Waals surface area (Å²) in [5, 5.41) is 26.8. The van der Waals surface area contributed by atoms with Gasteiger partial charge in [-0.15, -0.1) is 5.10 Å². The van der Waals surface area contributed by atoms with Crippen LogP contribution in [0.4, 0.5) is 0 Å². The molecule has 1 aromatic heterocycles. The summed E-state index contributed by atoms with van der Waals surface area (Å²) in [6, 6.07) is 7.15. The SMILES string of the molecule is COc1ccc(C(O)c2cn(CCCO)nn2)cc1. The molecule has 0 fully saturated rings. The second-order valence-electron chi connectivity index (χ2n) is 4.16. The molecule has 0 aliphatic carbocycles. The second kappa shape index (κ2) is 6.31. The number of hydrogen-bond acceptors (Lipinski definition) is 5. The Morgan fingerprint density at radius 1 is 1.32 bits per heavy atom. The number of nitrogens with zero attached hydrogens (tertiary/aromatic N) is 3. The highest BCUT2D eigenvalue weighted by Gasteiger charge is 2.14. The van der Waals surface area contributed by atoms with Crippen LogP contribution in [-0.2, 0) is 6.54 Å². The number of benzene rings is 1. The van der Waals surface area contributed by atoms with Crippen LogP contribution in [0, 0.1) is 0 Å². The van der Waals surface area contributed by atoms with E-state index in [-0.39, 0.29) is 6.61 Å². The van der Waals surface area contributed by atoms with E-state index in [1.807, 2.05) is 0 Å². The number of aliphatic hydroxyl groups is 2. The van der Waals surface area contributed by atoms with Crippen LogP contribution in [0.15, 0.2) is 30.5 Å². The first-order valence-corrected chi connectivity index (χ1v) is 6.07. The van der Waals surface area contributed by atoms with E-state index in [1.54, 1.807) is 42.3 Å². The molecular weight excluding hydrogens is 246 g/mol. The predicted octanol–water partition coefficient (Wildman–Crippen LogP) is 0.751. The normalized spacial score (nSPS) is 12.4. The van der Waals surface area contributed by atoms with Gasteiger partial charge in [-0.3, -0.25) is 4.68 Å². The van der Waals surface area contributed by atoms with Gasteiger partial charge in [0, 0.05) is 13.2 Å². The molecule has 0 saturated carbocycles. The van der Waals surface area contributed by atoms with Crippen molar-refractivity contribution in [1.29, 1.82) is 0 Å². The topological polar surface area (TPSA) is 80.4 Å². The number of aliphatic hydroxyl groups excluding tert-OH is 2. The Bertz CT molecular complexity index is 510. The molecule has 2 aromatic rings. The van der Waals surface area contributed by atoms with Crippen molar-refractivity contribution in [3.05, 3.63) is 41.7 Å². The molecule has 0 spiro atoms. The minimum absolute atomic E-state index is 0.107. The largest absolute Gasteiger partial charge is 0.497 e. The van der Waals surface area contributed by atoms with Gasteiger partial charge in [0.05, 0.1) is 13.3 Å². The van der Waals surface area contributed by atoms with Crippen LogP contribution in [0.1, 0.15) is 23.8 Å². The van der Waals surface area contributed by atoms with Crippen LogP contribution >= 0.6 is 0 Å². The van der Waals surface area contributed by atoms with Crippen LogP contribution in [-0.4, -0.2) is 38.9 Å². The van der Waals surface area contributed by atoms with E-state index >= 15 is 0 Å². The van der Waals surface area contributed by atoms with Gasteiger partial charge >= 0.3 is 0 Å². The lowest BCUT2D eigenvalue weighted by Gasteiger charge is -2.08. The molecule has 0 aliphatic heterocycles. The highest BCUT2D eigenvalue weighted by molar-refractivity contribution is 5.31. The first kappa shape index (κ1) is 13.5. The van der Waals surface area contributed by atoms with E-state index in [9.17, 15) is 5.11 Å². The Hall–Kier alpha value is -1.92. The van der Waals surface area contributed by atoms with E-state index in [0.29, 0.717) is 18.7 Å². The van der Waals surface area contributed by atoms with Crippen LogP contribution in [0.5, 0.6) is 5.75 Å². The van der Waals surface area contributed by atoms with Crippen LogP contribution in [0.2, 0.25) is 0 Å². The first-order valence-electron chi connectivity index (χ1n) is 6.07. The van der Waals surface area contributed by atoms with Crippen molar-refractivity contribution in [1.82, 2.24) is 15.0 Å². The molecule has 0 saturated heterocycles. The molecule has 0 radical (unpaired) electrons. The standard InChI is InChI=1S/C13H17N3O3/c1-19-11-5-3-10(4-6-11)13(18)12-9-16(15-14-12)7-2-8-17/h3-6,9,13,17-18H,2,7-8H2,1H3. The Morgan fingerprint density at radius 3 is 2.68 bits per heavy atom. The van der Waals surface area contributed by atoms with E-state index < -0.39 is 6.10 Å². The molecule has 0 amide bonds. The summed E-state index contributed by atoms with van der Waals surface area (Å²) in [6.45, 7) is 0.690. The molecule has 1 unspecified atom stereocenters. The lowest BCUT2D eigenvalue weighted by Crippen LogP contribution is -2.01. The van der Waals surface area contributed by atoms with E-state index in [1.165, 1.54) is 0 Å². The van der Waals surface area contributed by atoms with Crippen molar-refractivity contribution in [3.8, 4) is 5.75 Å². The Labute approximate surface area is 111 Å². The Kier molecular flexibility index (Phi) is 4.48. The van der Waals surface area contributed by atoms with Crippen LogP contribution in [0.25, 0.3) is 0 Å². The zero-order valence-electron chi connectivity index (χ0n) is 10.7. The summed E-state index contributed by atoms with van der Waals surface area (Å²) >= 11 is 0. The summed E-state index contributed by atoms with van der Waals surface area (Å²) in [7, 11) is 1.60. The molecule has 19 heavy (non-hydrogen) atoms. The maximum atomic E-state index is 10.2. The molecule has 2 N–H and O–H groups in total. The van der Waals surface area contributed by atoms with Crippen LogP contribution in [0.3, 0.4) is 0 Å². The summed E-state index contributed by atoms with van der Waals surface area (Å²) in [5.41, 5.74) is 1.22. The monoisotopic (exact) mass is 263 g/mol. The fourth-order valence-electron chi connectivity index (χ4n) is 1.74. The van der Waals surface area contributed by atoms with Crippen LogP contribution < -0.4 is 4.74 Å². The third kappa shape index (κ3) is 3.30. The van der Waals surface area contributed by atoms with Gasteiger partial charge in [-0.25, -0.2) is 0 Å². The third-order valence-corrected chi connectivity index (χ3v) is 2.81. The van der Waals surface area contributed by atoms with Crippen molar-refractivity contribution < 1.29 is 14.9 Å². The molecule has 6 nitrogen and oxygen atoms in total. The van der Waals surface area contributed by atoms with E-state index in [0.717, 1.165) is 11.3 Å². The van der Waals surface area contributed by atoms with Crippen molar-refractivity contribution in [3.63, 3.8) is 0 Å². The minimum atomic E-state index is -0.811. The molecular formula is C13H17N3O3. The molecule has 1 atom stereocenters. The second-order valence-corrected chi connectivity index (χ2v) is 4.16. The number of ether oxygens (including phenoxy) is 1. The number of aryl methyl sites for hydroxylation is 1. The third-order valence-electron chi connectivity index (χ3n) is 2.81. The van der Waals surface area contributed by atoms with Gasteiger partial charge in [0.15, 0.2) is 0 Å². The summed E-state index contributed by atoms with van der Waals surface area (Å²) in [6.07, 6.45) is 1.49. The Balaban J connectivity index is 2.09. The number of hydrogen-bond donors (Lipinski definition) is 2. The number of methoxy groups -OCH3 is 1. The average molecular weight is 263 g/mol. The number of aromatic nitrogens is 3. The van der Waals surface area contributed by atoms with Gasteiger partial charge in [0.1, 0.15) is 17.5 Å². The summed E-state index contributed by atoms with van der Waals surface area (Å²) < 4.78 is 6.68. The molecule has 102 valence electrons. The van der Waals surface area contributed by atoms with Crippen molar-refractivity contribution in [2.75, 3.05) is 13.7 Å². The van der Waals surface area contributed by atoms with Gasteiger partial charge < -0.3 is 14.9 Å². The fraction of sp³-hybridized carbons (Fsp3) is 0.385. The predicted molar refractivity (Wildman–Crippen MR) is 68.8 cm³/mol. The number of rotatable bonds is 6. The van der Waals surface area contributed by atoms with Crippen molar-refractivity contribution >= 4 is 0 Å². The van der Waals surface area contributed by atoms with E-state index in [4.69, 9.17) is 9.84 Å². The van der Waals surface area contributed by atoms with Gasteiger partial charge in [-0.1, -0.05) is 17.3 Å². The molecule has 2 rings (SSSR count). The molecule has 0 aliphatic rings. The smallest absolute Gasteiger partial charge is 0.124 e. The molecule has 1 aromatic carbocycles. The zero-order valence-corrected chi connectivity index (χ0v) is 10.7. The quantitative estimate of drug-likeness (QED) is 0.804. The summed E-state index contributed by atoms with van der Waals surface area (Å²) in [4.78, 5) is 0. The maximum absolute atomic E-state index is 10.2. The first-order chi connectivity index (χ1) is 9.24. The van der Waals surface area contributed by atoms with Gasteiger partial charge in [-0.05, 0) is 24.1 Å². The van der Waals surface area contributed by atoms with Crippen molar-refractivity contribution in [2.24, 2.45) is 0 Å². The summed E-state index contributed by atoms with van der Waals surface area (Å²) in [5.74, 6) is 0.738. The van der Waals surface area contributed by atoms with Gasteiger partial charge in [0.2, 0.25) is 0 Å². The fourth-order valence-corrected chi connectivity index (χ4v) is 1.74. The highest BCUT2D eigenvalue weighted by Crippen LogP contribution is 2.22. The minimum Gasteiger partial charge on any atom is -0.497 e. The van der Waals surface area contributed by atoms with Gasteiger partial charge in [0.25, 0.3) is 0 Å². The molecule has 1 heterocycles. The van der Waals surface area contributed by atoms with Gasteiger partial charge in [-0.2, -0.15) is 0 Å². The highest BCUT2D eigenvalue weighted by atomic mass is 16.5. The average Bonchev–Trinajstić information content (AvgIpc) is 2.93.